The van der Waals surface area contributed by atoms with Crippen molar-refractivity contribution in [1.82, 2.24) is 10.2 Å². The van der Waals surface area contributed by atoms with E-state index in [0.717, 1.165) is 19.9 Å². The van der Waals surface area contributed by atoms with E-state index in [1.54, 1.807) is 24.3 Å². The second-order valence-electron chi connectivity index (χ2n) is 11.1. The topological polar surface area (TPSA) is 96.0 Å². The number of carbonyl (C=O) groups is 2. The number of hydrogen-bond donors (Lipinski definition) is 1. The number of halogens is 2. The van der Waals surface area contributed by atoms with Gasteiger partial charge in [-0.25, -0.2) is 8.42 Å². The molecule has 0 radical (unpaired) electrons. The summed E-state index contributed by atoms with van der Waals surface area (Å²) < 4.78 is 35.9. The number of amides is 2. The molecule has 11 heteroatoms. The van der Waals surface area contributed by atoms with Crippen molar-refractivity contribution in [1.29, 1.82) is 0 Å². The lowest BCUT2D eigenvalue weighted by Gasteiger charge is -2.34. The van der Waals surface area contributed by atoms with Gasteiger partial charge in [0.15, 0.2) is 0 Å². The molecule has 1 N–H and O–H groups in total. The molecule has 0 saturated heterocycles. The van der Waals surface area contributed by atoms with Gasteiger partial charge >= 0.3 is 0 Å². The summed E-state index contributed by atoms with van der Waals surface area (Å²) in [5.41, 5.74) is 1.91. The second kappa shape index (κ2) is 16.8. The Bertz CT molecular complexity index is 1720. The highest BCUT2D eigenvalue weighted by Crippen LogP contribution is 2.28. The van der Waals surface area contributed by atoms with E-state index in [1.807, 2.05) is 75.4 Å². The van der Waals surface area contributed by atoms with E-state index >= 15 is 0 Å². The summed E-state index contributed by atoms with van der Waals surface area (Å²) in [6, 6.07) is 28.2. The van der Waals surface area contributed by atoms with Gasteiger partial charge in [0.2, 0.25) is 11.8 Å². The molecule has 0 saturated carbocycles. The van der Waals surface area contributed by atoms with E-state index in [-0.39, 0.29) is 35.5 Å². The molecule has 0 aliphatic heterocycles. The van der Waals surface area contributed by atoms with Gasteiger partial charge in [0.05, 0.1) is 17.2 Å². The molecule has 4 aromatic carbocycles. The fraction of sp³-hybridized carbons (Fsp3) is 0.278. The van der Waals surface area contributed by atoms with Crippen molar-refractivity contribution < 1.29 is 22.7 Å². The molecule has 2 atom stereocenters. The van der Waals surface area contributed by atoms with Crippen LogP contribution in [-0.4, -0.2) is 50.4 Å². The van der Waals surface area contributed by atoms with Gasteiger partial charge in [-0.1, -0.05) is 76.9 Å². The Labute approximate surface area is 290 Å². The molecular formula is C36H39BrClN3O5S. The van der Waals surface area contributed by atoms with Crippen molar-refractivity contribution in [2.24, 2.45) is 0 Å². The smallest absolute Gasteiger partial charge is 0.264 e. The highest BCUT2D eigenvalue weighted by atomic mass is 79.9. The number of nitrogens with zero attached hydrogens (tertiary/aromatic N) is 2. The van der Waals surface area contributed by atoms with Gasteiger partial charge in [-0.15, -0.1) is 0 Å². The summed E-state index contributed by atoms with van der Waals surface area (Å²) in [5, 5.41) is 3.43. The first-order valence-electron chi connectivity index (χ1n) is 15.4. The van der Waals surface area contributed by atoms with Crippen LogP contribution in [0.25, 0.3) is 0 Å². The van der Waals surface area contributed by atoms with Gasteiger partial charge < -0.3 is 15.0 Å². The third-order valence-corrected chi connectivity index (χ3v) is 10.2. The van der Waals surface area contributed by atoms with Crippen LogP contribution in [0.3, 0.4) is 0 Å². The van der Waals surface area contributed by atoms with Crippen LogP contribution in [0.4, 0.5) is 5.69 Å². The minimum Gasteiger partial charge on any atom is -0.494 e. The van der Waals surface area contributed by atoms with Crippen LogP contribution < -0.4 is 14.4 Å². The maximum Gasteiger partial charge on any atom is 0.264 e. The molecule has 0 spiro atoms. The van der Waals surface area contributed by atoms with Crippen LogP contribution in [0.5, 0.6) is 5.75 Å². The van der Waals surface area contributed by atoms with Crippen molar-refractivity contribution in [3.05, 3.63) is 124 Å². The van der Waals surface area contributed by atoms with E-state index in [4.69, 9.17) is 16.3 Å². The number of rotatable bonds is 15. The van der Waals surface area contributed by atoms with E-state index in [0.29, 0.717) is 23.8 Å². The molecule has 0 aliphatic rings. The Balaban J connectivity index is 1.80. The molecular weight excluding hydrogens is 702 g/mol. The summed E-state index contributed by atoms with van der Waals surface area (Å²) >= 11 is 9.53. The molecule has 0 unspecified atom stereocenters. The Hall–Kier alpha value is -3.86. The first-order chi connectivity index (χ1) is 22.5. The largest absolute Gasteiger partial charge is 0.494 e. The van der Waals surface area contributed by atoms with E-state index in [2.05, 4.69) is 21.2 Å². The summed E-state index contributed by atoms with van der Waals surface area (Å²) in [6.07, 6.45) is 0.938. The zero-order valence-electron chi connectivity index (χ0n) is 26.6. The monoisotopic (exact) mass is 739 g/mol. The van der Waals surface area contributed by atoms with Crippen LogP contribution in [0.2, 0.25) is 5.02 Å². The zero-order chi connectivity index (χ0) is 34.0. The summed E-state index contributed by atoms with van der Waals surface area (Å²) in [4.78, 5) is 30.0. The minimum atomic E-state index is -4.25. The average Bonchev–Trinajstić information content (AvgIpc) is 3.07. The quantitative estimate of drug-likeness (QED) is 0.139. The van der Waals surface area contributed by atoms with Gasteiger partial charge in [0, 0.05) is 28.5 Å². The lowest BCUT2D eigenvalue weighted by Crippen LogP contribution is -2.54. The van der Waals surface area contributed by atoms with Crippen LogP contribution in [0.1, 0.15) is 38.3 Å². The van der Waals surface area contributed by atoms with Crippen molar-refractivity contribution in [2.75, 3.05) is 17.5 Å². The molecule has 0 aliphatic carbocycles. The molecule has 4 aromatic rings. The number of carbonyl (C=O) groups excluding carboxylic acids is 2. The number of nitrogens with one attached hydrogen (secondary N) is 1. The van der Waals surface area contributed by atoms with Crippen LogP contribution in [-0.2, 0) is 32.6 Å². The van der Waals surface area contributed by atoms with Crippen LogP contribution in [0, 0.1) is 0 Å². The molecule has 0 bridgehead atoms. The number of sulfonamides is 1. The van der Waals surface area contributed by atoms with E-state index < -0.39 is 28.5 Å². The average molecular weight is 741 g/mol. The first-order valence-corrected chi connectivity index (χ1v) is 18.0. The molecule has 4 rings (SSSR count). The molecule has 47 heavy (non-hydrogen) atoms. The van der Waals surface area contributed by atoms with Gasteiger partial charge in [0.1, 0.15) is 18.3 Å². The molecule has 0 fully saturated rings. The van der Waals surface area contributed by atoms with E-state index in [9.17, 15) is 18.0 Å². The molecule has 2 amide bonds. The standard InChI is InChI=1S/C36H39BrClN3O5S/c1-4-26(3)39-36(43)34(23-27-9-7-6-8-10-27)40(24-28-11-13-29(37)14-12-28)35(42)25-41(31-17-19-32(20-18-31)46-5-2)47(44,45)33-21-15-30(38)16-22-33/h6-22,26,34H,4-5,23-25H2,1-3H3,(H,39,43)/t26-,34+/m1/s1. The Morgan fingerprint density at radius 3 is 2.11 bits per heavy atom. The fourth-order valence-electron chi connectivity index (χ4n) is 4.92. The van der Waals surface area contributed by atoms with Gasteiger partial charge in [-0.2, -0.15) is 0 Å². The Morgan fingerprint density at radius 2 is 1.51 bits per heavy atom. The van der Waals surface area contributed by atoms with Gasteiger partial charge in [-0.05, 0) is 92.1 Å². The predicted octanol–water partition coefficient (Wildman–Crippen LogP) is 7.25. The normalized spacial score (nSPS) is 12.5. The molecule has 0 heterocycles. The number of benzene rings is 4. The maximum atomic E-state index is 14.6. The van der Waals surface area contributed by atoms with Crippen LogP contribution in [0.15, 0.2) is 112 Å². The number of hydrogen-bond acceptors (Lipinski definition) is 5. The van der Waals surface area contributed by atoms with Crippen LogP contribution >= 0.6 is 27.5 Å². The third kappa shape index (κ3) is 9.82. The predicted molar refractivity (Wildman–Crippen MR) is 190 cm³/mol. The van der Waals surface area contributed by atoms with Crippen molar-refractivity contribution in [3.8, 4) is 5.75 Å². The molecule has 0 aromatic heterocycles. The lowest BCUT2D eigenvalue weighted by atomic mass is 10.0. The second-order valence-corrected chi connectivity index (χ2v) is 14.3. The van der Waals surface area contributed by atoms with Gasteiger partial charge in [-0.3, -0.25) is 13.9 Å². The number of anilines is 1. The minimum absolute atomic E-state index is 0.0293. The maximum absolute atomic E-state index is 14.6. The third-order valence-electron chi connectivity index (χ3n) is 7.65. The number of ether oxygens (including phenoxy) is 1. The van der Waals surface area contributed by atoms with Crippen molar-refractivity contribution >= 4 is 55.1 Å². The SMILES string of the molecule is CCOc1ccc(N(CC(=O)N(Cc2ccc(Br)cc2)[C@@H](Cc2ccccc2)C(=O)N[C@H](C)CC)S(=O)(=O)c2ccc(Cl)cc2)cc1. The highest BCUT2D eigenvalue weighted by Gasteiger charge is 2.35. The van der Waals surface area contributed by atoms with Gasteiger partial charge in [0.25, 0.3) is 10.0 Å². The summed E-state index contributed by atoms with van der Waals surface area (Å²) in [6.45, 7) is 5.69. The summed E-state index contributed by atoms with van der Waals surface area (Å²) in [7, 11) is -4.25. The Kier molecular flexibility index (Phi) is 12.9. The lowest BCUT2D eigenvalue weighted by molar-refractivity contribution is -0.140. The molecule has 8 nitrogen and oxygen atoms in total. The molecule has 248 valence electrons. The summed E-state index contributed by atoms with van der Waals surface area (Å²) in [5.74, 6) is -0.297. The first kappa shape index (κ1) is 36.0. The highest BCUT2D eigenvalue weighted by molar-refractivity contribution is 9.10. The van der Waals surface area contributed by atoms with E-state index in [1.165, 1.54) is 29.2 Å². The van der Waals surface area contributed by atoms with Crippen molar-refractivity contribution in [2.45, 2.75) is 57.1 Å². The fourth-order valence-corrected chi connectivity index (χ4v) is 6.72. The zero-order valence-corrected chi connectivity index (χ0v) is 29.8. The van der Waals surface area contributed by atoms with Crippen molar-refractivity contribution in [3.63, 3.8) is 0 Å². The Morgan fingerprint density at radius 1 is 0.872 bits per heavy atom.